The van der Waals surface area contributed by atoms with Gasteiger partial charge in [0.2, 0.25) is 0 Å². The molecule has 9 atom stereocenters. The monoisotopic (exact) mass is 594 g/mol. The third kappa shape index (κ3) is 14.9. The highest BCUT2D eigenvalue weighted by Crippen LogP contribution is 2.99. The molecular weight excluding hydrogens is 562 g/mol. The normalized spacial score (nSPS) is 14.9. The SMILES string of the molecule is CC(C)(C)CCC(COP(P(P)P)P(P)P)OP(P(P)P)P(P)P. The molecule has 2 nitrogen and oxygen atoms in total. The summed E-state index contributed by atoms with van der Waals surface area (Å²) in [4.78, 5) is 0. The average Bonchev–Trinajstić information content (AvgIpc) is 2.38. The van der Waals surface area contributed by atoms with Crippen LogP contribution in [-0.4, -0.2) is 12.7 Å². The summed E-state index contributed by atoms with van der Waals surface area (Å²) in [7, 11) is 22.7. The summed E-state index contributed by atoms with van der Waals surface area (Å²) in [6, 6.07) is 0. The van der Waals surface area contributed by atoms with E-state index in [2.05, 4.69) is 92.2 Å². The first-order valence-corrected chi connectivity index (χ1v) is 30.6. The molecule has 0 aliphatic heterocycles. The van der Waals surface area contributed by atoms with Gasteiger partial charge in [-0.1, -0.05) is 20.8 Å². The third-order valence-corrected chi connectivity index (χ3v) is 47.6. The van der Waals surface area contributed by atoms with E-state index < -0.39 is 15.1 Å². The Labute approximate surface area is 174 Å². The molecule has 0 spiro atoms. The molecule has 0 aromatic carbocycles. The van der Waals surface area contributed by atoms with Crippen molar-refractivity contribution in [1.82, 2.24) is 0 Å². The molecule has 24 heavy (non-hydrogen) atoms. The van der Waals surface area contributed by atoms with Crippen LogP contribution in [0.15, 0.2) is 0 Å². The standard InChI is InChI=1S/C8H32O2P14/c1-8(2,3)5-4-7(10-20(23(15)16)24(17)18)6-9-19(21(11)12)22(13)14/h7H,4-6,11-18H2,1-3H3. The Balaban J connectivity index is 4.91. The maximum atomic E-state index is 6.59. The van der Waals surface area contributed by atoms with Crippen molar-refractivity contribution in [2.45, 2.75) is 39.7 Å². The van der Waals surface area contributed by atoms with E-state index in [1.165, 1.54) is 0 Å². The smallest absolute Gasteiger partial charge is 0.0926 e. The topological polar surface area (TPSA) is 18.5 Å². The maximum Gasteiger partial charge on any atom is 0.0926 e. The molecule has 0 saturated carbocycles. The van der Waals surface area contributed by atoms with Gasteiger partial charge in [-0.25, -0.2) is 0 Å². The maximum absolute atomic E-state index is 6.59. The lowest BCUT2D eigenvalue weighted by Crippen LogP contribution is -2.19. The van der Waals surface area contributed by atoms with Gasteiger partial charge in [-0.3, -0.25) is 0 Å². The minimum absolute atomic E-state index is 0.201. The van der Waals surface area contributed by atoms with Crippen molar-refractivity contribution < 1.29 is 9.05 Å². The summed E-state index contributed by atoms with van der Waals surface area (Å²) in [5.74, 6) is 0. The minimum Gasteiger partial charge on any atom is -0.346 e. The second kappa shape index (κ2) is 15.7. The summed E-state index contributed by atoms with van der Waals surface area (Å²) >= 11 is 0. The highest BCUT2D eigenvalue weighted by Gasteiger charge is 2.27. The third-order valence-electron chi connectivity index (χ3n) is 2.63. The van der Waals surface area contributed by atoms with Crippen LogP contribution in [0.1, 0.15) is 33.6 Å². The van der Waals surface area contributed by atoms with Crippen LogP contribution in [0.5, 0.6) is 0 Å². The zero-order chi connectivity index (χ0) is 19.1. The molecule has 0 saturated heterocycles. The summed E-state index contributed by atoms with van der Waals surface area (Å²) in [6.07, 6.45) is 2.43. The fraction of sp³-hybridized carbons (Fsp3) is 1.00. The van der Waals surface area contributed by atoms with Crippen LogP contribution in [0.2, 0.25) is 0 Å². The predicted octanol–water partition coefficient (Wildman–Crippen LogP) is 9.92. The first-order valence-electron chi connectivity index (χ1n) is 6.93. The molecule has 9 unspecified atom stereocenters. The van der Waals surface area contributed by atoms with Gasteiger partial charge in [-0.2, -0.15) is 0 Å². The van der Waals surface area contributed by atoms with Crippen molar-refractivity contribution in [2.24, 2.45) is 5.41 Å². The van der Waals surface area contributed by atoms with Crippen LogP contribution in [0.4, 0.5) is 0 Å². The van der Waals surface area contributed by atoms with Gasteiger partial charge in [0.25, 0.3) is 0 Å². The van der Waals surface area contributed by atoms with Crippen LogP contribution in [0.25, 0.3) is 0 Å². The van der Waals surface area contributed by atoms with Crippen molar-refractivity contribution in [3.63, 3.8) is 0 Å². The number of hydrogen-bond donors (Lipinski definition) is 0. The van der Waals surface area contributed by atoms with E-state index in [0.29, 0.717) is 5.41 Å². The Bertz CT molecular complexity index is 317. The van der Waals surface area contributed by atoms with E-state index >= 15 is 0 Å². The molecule has 0 rings (SSSR count). The zero-order valence-electron chi connectivity index (χ0n) is 14.3. The second-order valence-corrected chi connectivity index (χ2v) is 53.4. The molecule has 0 N–H and O–H groups in total. The van der Waals surface area contributed by atoms with Gasteiger partial charge < -0.3 is 9.05 Å². The van der Waals surface area contributed by atoms with E-state index in [4.69, 9.17) is 9.05 Å². The second-order valence-electron chi connectivity index (χ2n) is 6.15. The van der Waals surface area contributed by atoms with Gasteiger partial charge in [0.15, 0.2) is 0 Å². The molecule has 0 heterocycles. The Morgan fingerprint density at radius 1 is 0.750 bits per heavy atom. The van der Waals surface area contributed by atoms with E-state index in [9.17, 15) is 0 Å². The molecule has 0 aromatic rings. The van der Waals surface area contributed by atoms with Crippen molar-refractivity contribution in [2.75, 3.05) is 6.61 Å². The Morgan fingerprint density at radius 2 is 1.17 bits per heavy atom. The predicted molar refractivity (Wildman–Crippen MR) is 159 cm³/mol. The highest BCUT2D eigenvalue weighted by atomic mass is 33.0. The Hall–Kier alpha value is 5.94. The van der Waals surface area contributed by atoms with Gasteiger partial charge in [-0.15, -0.1) is 71.4 Å². The van der Waals surface area contributed by atoms with Crippen molar-refractivity contribution in [3.8, 4) is 0 Å². The lowest BCUT2D eigenvalue weighted by atomic mass is 9.89. The van der Waals surface area contributed by atoms with Crippen LogP contribution in [-0.2, 0) is 9.05 Å². The van der Waals surface area contributed by atoms with Gasteiger partial charge in [0.05, 0.1) is 27.8 Å². The molecule has 0 aromatic heterocycles. The van der Waals surface area contributed by atoms with Gasteiger partial charge >= 0.3 is 0 Å². The van der Waals surface area contributed by atoms with Gasteiger partial charge in [-0.05, 0) is 46.2 Å². The number of hydrogen-bond acceptors (Lipinski definition) is 2. The zero-order valence-corrected chi connectivity index (χ0v) is 28.9. The fourth-order valence-corrected chi connectivity index (χ4v) is 67.5. The van der Waals surface area contributed by atoms with E-state index in [1.807, 2.05) is 0 Å². The largest absolute Gasteiger partial charge is 0.346 e. The van der Waals surface area contributed by atoms with Crippen molar-refractivity contribution >= 4 is 114 Å². The number of rotatable bonds is 11. The Morgan fingerprint density at radius 3 is 1.50 bits per heavy atom. The summed E-state index contributed by atoms with van der Waals surface area (Å²) in [5, 5.41) is 0. The highest BCUT2D eigenvalue weighted by molar-refractivity contribution is 8.96. The van der Waals surface area contributed by atoms with E-state index in [1.54, 1.807) is 0 Å². The quantitative estimate of drug-likeness (QED) is 0.222. The summed E-state index contributed by atoms with van der Waals surface area (Å²) < 4.78 is 13.0. The first kappa shape index (κ1) is 29.9. The lowest BCUT2D eigenvalue weighted by Gasteiger charge is -2.32. The molecular formula is C8H32O2P14. The first-order chi connectivity index (χ1) is 10.8. The van der Waals surface area contributed by atoms with Gasteiger partial charge in [0.1, 0.15) is 0 Å². The van der Waals surface area contributed by atoms with Crippen LogP contribution < -0.4 is 0 Å². The molecule has 0 radical (unpaired) electrons. The molecule has 16 heteroatoms. The van der Waals surface area contributed by atoms with Crippen molar-refractivity contribution in [1.29, 1.82) is 0 Å². The summed E-state index contributed by atoms with van der Waals surface area (Å²) in [5.41, 5.74) is 0.329. The molecule has 0 aliphatic carbocycles. The summed E-state index contributed by atoms with van der Waals surface area (Å²) in [6.45, 7) is 6.76. The molecule has 0 amide bonds. The van der Waals surface area contributed by atoms with E-state index in [-0.39, 0.29) is 34.1 Å². The van der Waals surface area contributed by atoms with Crippen molar-refractivity contribution in [3.05, 3.63) is 0 Å². The molecule has 0 fully saturated rings. The molecule has 0 aliphatic rings. The van der Waals surface area contributed by atoms with Crippen LogP contribution in [0.3, 0.4) is 0 Å². The lowest BCUT2D eigenvalue weighted by molar-refractivity contribution is 0.136. The minimum atomic E-state index is -0.428. The van der Waals surface area contributed by atoms with Crippen LogP contribution >= 0.6 is 114 Å². The Kier molecular flexibility index (Phi) is 19.6. The molecule has 146 valence electrons. The molecule has 0 bridgehead atoms. The fourth-order valence-electron chi connectivity index (χ4n) is 1.52. The van der Waals surface area contributed by atoms with Crippen LogP contribution in [0, 0.1) is 5.41 Å². The van der Waals surface area contributed by atoms with E-state index in [0.717, 1.165) is 19.4 Å². The van der Waals surface area contributed by atoms with Gasteiger partial charge in [0, 0.05) is 0 Å². The average molecular weight is 594 g/mol.